The molecule has 1 aromatic heterocycles. The Morgan fingerprint density at radius 1 is 1.27 bits per heavy atom. The Hall–Kier alpha value is -3.17. The second kappa shape index (κ2) is 9.36. The molecule has 0 aliphatic carbocycles. The minimum atomic E-state index is -0.498. The van der Waals surface area contributed by atoms with Crippen LogP contribution in [0.2, 0.25) is 0 Å². The highest BCUT2D eigenvalue weighted by atomic mass is 16.5. The van der Waals surface area contributed by atoms with E-state index in [9.17, 15) is 14.7 Å². The van der Waals surface area contributed by atoms with Gasteiger partial charge < -0.3 is 30.7 Å². The van der Waals surface area contributed by atoms with E-state index in [-0.39, 0.29) is 36.7 Å². The number of hydrogen-bond acceptors (Lipinski definition) is 6. The first-order valence-corrected chi connectivity index (χ1v) is 11.5. The molecule has 9 heteroatoms. The lowest BCUT2D eigenvalue weighted by molar-refractivity contribution is -0.131. The van der Waals surface area contributed by atoms with Crippen molar-refractivity contribution in [1.82, 2.24) is 20.5 Å². The predicted octanol–water partition coefficient (Wildman–Crippen LogP) is 1.86. The van der Waals surface area contributed by atoms with Gasteiger partial charge in [0.25, 0.3) is 0 Å². The van der Waals surface area contributed by atoms with Crippen LogP contribution in [0.3, 0.4) is 0 Å². The lowest BCUT2D eigenvalue weighted by Gasteiger charge is -2.40. The van der Waals surface area contributed by atoms with Crippen molar-refractivity contribution in [1.29, 1.82) is 0 Å². The van der Waals surface area contributed by atoms with Crippen molar-refractivity contribution >= 4 is 17.6 Å². The Balaban J connectivity index is 1.12. The molecular weight excluding hydrogens is 422 g/mol. The van der Waals surface area contributed by atoms with E-state index < -0.39 is 6.10 Å². The summed E-state index contributed by atoms with van der Waals surface area (Å²) in [5.41, 5.74) is 3.98. The van der Waals surface area contributed by atoms with Gasteiger partial charge in [0.05, 0.1) is 37.4 Å². The average molecular weight is 452 g/mol. The van der Waals surface area contributed by atoms with Crippen LogP contribution in [0.4, 0.5) is 10.5 Å². The molecule has 0 spiro atoms. The number of anilines is 1. The molecule has 2 saturated heterocycles. The monoisotopic (exact) mass is 451 g/mol. The van der Waals surface area contributed by atoms with Gasteiger partial charge in [-0.2, -0.15) is 0 Å². The molecule has 5 rings (SSSR count). The summed E-state index contributed by atoms with van der Waals surface area (Å²) in [5.74, 6) is -0.0949. The van der Waals surface area contributed by atoms with Crippen LogP contribution in [0.25, 0.3) is 0 Å². The Bertz CT molecular complexity index is 1020. The molecule has 4 heterocycles. The van der Waals surface area contributed by atoms with Gasteiger partial charge in [-0.3, -0.25) is 9.78 Å². The second-order valence-electron chi connectivity index (χ2n) is 8.87. The minimum Gasteiger partial charge on any atom is -0.389 e. The molecule has 2 fully saturated rings. The molecule has 33 heavy (non-hydrogen) atoms. The number of carbonyl (C=O) groups excluding carboxylic acids is 2. The zero-order valence-corrected chi connectivity index (χ0v) is 18.4. The lowest BCUT2D eigenvalue weighted by Crippen LogP contribution is -2.46. The number of carbonyl (C=O) groups is 2. The fraction of sp³-hybridized carbons (Fsp3) is 0.458. The van der Waals surface area contributed by atoms with E-state index >= 15 is 0 Å². The molecule has 2 aromatic rings. The van der Waals surface area contributed by atoms with Gasteiger partial charge in [0.2, 0.25) is 5.91 Å². The third kappa shape index (κ3) is 4.65. The van der Waals surface area contributed by atoms with Crippen molar-refractivity contribution in [3.05, 3.63) is 59.4 Å². The largest absolute Gasteiger partial charge is 0.389 e. The molecule has 9 nitrogen and oxygen atoms in total. The fourth-order valence-electron chi connectivity index (χ4n) is 4.97. The number of likely N-dealkylation sites (tertiary alicyclic amines) is 1. The molecule has 0 saturated carbocycles. The highest BCUT2D eigenvalue weighted by Crippen LogP contribution is 2.39. The van der Waals surface area contributed by atoms with Crippen LogP contribution >= 0.6 is 0 Å². The Morgan fingerprint density at radius 2 is 2.18 bits per heavy atom. The normalized spacial score (nSPS) is 25.7. The van der Waals surface area contributed by atoms with E-state index in [0.29, 0.717) is 19.7 Å². The maximum Gasteiger partial charge on any atom is 0.315 e. The van der Waals surface area contributed by atoms with Crippen molar-refractivity contribution in [3.8, 4) is 0 Å². The lowest BCUT2D eigenvalue weighted by atomic mass is 9.89. The standard InChI is InChI=1S/C24H29N5O4/c30-21-14-33-22-10-19(21)28-18-6-5-15(9-17(18)22)11-26-24(32)27-13-23(31)29-8-2-4-20(29)16-3-1-7-25-12-16/h1,3,5-7,9,12,19-22,28,30H,2,4,8,10-11,13-14H2,(H2,26,27,32)/t19-,20?,21+,22+/m0/s1. The Morgan fingerprint density at radius 3 is 3.03 bits per heavy atom. The predicted molar refractivity (Wildman–Crippen MR) is 121 cm³/mol. The smallest absolute Gasteiger partial charge is 0.315 e. The summed E-state index contributed by atoms with van der Waals surface area (Å²) in [4.78, 5) is 31.0. The SMILES string of the molecule is O=C(NCC(=O)N1CCCC1c1cccnc1)NCc1ccc2c(c1)[C@H]1C[C@H](N2)[C@H](O)CO1. The van der Waals surface area contributed by atoms with E-state index in [1.54, 1.807) is 12.4 Å². The Labute approximate surface area is 192 Å². The number of ether oxygens (including phenoxy) is 1. The maximum atomic E-state index is 12.7. The van der Waals surface area contributed by atoms with Crippen molar-refractivity contribution in [2.45, 2.75) is 50.1 Å². The second-order valence-corrected chi connectivity index (χ2v) is 8.87. The number of amides is 3. The van der Waals surface area contributed by atoms with Gasteiger partial charge in [-0.05, 0) is 42.2 Å². The zero-order chi connectivity index (χ0) is 22.8. The third-order valence-electron chi connectivity index (χ3n) is 6.70. The molecular formula is C24H29N5O4. The molecule has 3 aliphatic heterocycles. The van der Waals surface area contributed by atoms with Crippen molar-refractivity contribution in [3.63, 3.8) is 0 Å². The average Bonchev–Trinajstić information content (AvgIpc) is 3.34. The number of pyridine rings is 1. The van der Waals surface area contributed by atoms with Crippen LogP contribution in [0.15, 0.2) is 42.7 Å². The summed E-state index contributed by atoms with van der Waals surface area (Å²) < 4.78 is 5.79. The first kappa shape index (κ1) is 21.7. The van der Waals surface area contributed by atoms with Crippen LogP contribution < -0.4 is 16.0 Å². The first-order valence-electron chi connectivity index (χ1n) is 11.5. The quantitative estimate of drug-likeness (QED) is 0.552. The van der Waals surface area contributed by atoms with Gasteiger partial charge in [-0.25, -0.2) is 4.79 Å². The van der Waals surface area contributed by atoms with E-state index in [2.05, 4.69) is 20.9 Å². The molecule has 3 aliphatic rings. The molecule has 1 unspecified atom stereocenters. The van der Waals surface area contributed by atoms with Gasteiger partial charge in [0, 0.05) is 43.2 Å². The molecule has 4 atom stereocenters. The molecule has 4 N–H and O–H groups in total. The van der Waals surface area contributed by atoms with Crippen LogP contribution in [0.5, 0.6) is 0 Å². The van der Waals surface area contributed by atoms with Gasteiger partial charge >= 0.3 is 6.03 Å². The van der Waals surface area contributed by atoms with Gasteiger partial charge in [-0.1, -0.05) is 12.1 Å². The molecule has 3 amide bonds. The zero-order valence-electron chi connectivity index (χ0n) is 18.4. The van der Waals surface area contributed by atoms with E-state index in [0.717, 1.165) is 41.6 Å². The summed E-state index contributed by atoms with van der Waals surface area (Å²) in [7, 11) is 0. The topological polar surface area (TPSA) is 116 Å². The number of hydrogen-bond donors (Lipinski definition) is 4. The minimum absolute atomic E-state index is 0.0110. The number of urea groups is 1. The molecule has 1 aromatic carbocycles. The number of rotatable bonds is 5. The van der Waals surface area contributed by atoms with Crippen LogP contribution in [-0.4, -0.2) is 58.8 Å². The van der Waals surface area contributed by atoms with Crippen molar-refractivity contribution < 1.29 is 19.4 Å². The number of aromatic nitrogens is 1. The number of aliphatic hydroxyl groups is 1. The Kier molecular flexibility index (Phi) is 6.15. The van der Waals surface area contributed by atoms with E-state index in [1.807, 2.05) is 35.2 Å². The van der Waals surface area contributed by atoms with Crippen molar-refractivity contribution in [2.75, 3.05) is 25.0 Å². The maximum absolute atomic E-state index is 12.7. The van der Waals surface area contributed by atoms with Gasteiger partial charge in [0.1, 0.15) is 0 Å². The summed E-state index contributed by atoms with van der Waals surface area (Å²) in [6.07, 6.45) is 5.54. The number of nitrogens with one attached hydrogen (secondary N) is 3. The number of fused-ring (bicyclic) bond motifs is 4. The molecule has 0 radical (unpaired) electrons. The first-order chi connectivity index (χ1) is 16.1. The van der Waals surface area contributed by atoms with Gasteiger partial charge in [-0.15, -0.1) is 0 Å². The highest BCUT2D eigenvalue weighted by molar-refractivity contribution is 5.84. The molecule has 174 valence electrons. The molecule has 2 bridgehead atoms. The van der Waals surface area contributed by atoms with E-state index in [1.165, 1.54) is 0 Å². The summed E-state index contributed by atoms with van der Waals surface area (Å²) >= 11 is 0. The third-order valence-corrected chi connectivity index (χ3v) is 6.70. The number of aliphatic hydroxyl groups excluding tert-OH is 1. The van der Waals surface area contributed by atoms with Crippen LogP contribution in [0, 0.1) is 0 Å². The number of benzene rings is 1. The summed E-state index contributed by atoms with van der Waals surface area (Å²) in [5, 5.41) is 18.9. The highest BCUT2D eigenvalue weighted by Gasteiger charge is 2.36. The van der Waals surface area contributed by atoms with Crippen molar-refractivity contribution in [2.24, 2.45) is 0 Å². The van der Waals surface area contributed by atoms with Gasteiger partial charge in [0.15, 0.2) is 0 Å². The number of nitrogens with zero attached hydrogens (tertiary/aromatic N) is 2. The van der Waals surface area contributed by atoms with Crippen LogP contribution in [0.1, 0.15) is 48.1 Å². The fourth-order valence-corrected chi connectivity index (χ4v) is 4.97. The summed E-state index contributed by atoms with van der Waals surface area (Å²) in [6, 6.07) is 9.43. The summed E-state index contributed by atoms with van der Waals surface area (Å²) in [6.45, 7) is 1.30. The van der Waals surface area contributed by atoms with E-state index in [4.69, 9.17) is 4.74 Å². The van der Waals surface area contributed by atoms with Crippen LogP contribution in [-0.2, 0) is 16.1 Å².